The van der Waals surface area contributed by atoms with Crippen LogP contribution in [0.15, 0.2) is 47.4 Å². The number of likely N-dealkylation sites (N-methyl/N-ethyl adjacent to an activating group) is 1. The summed E-state index contributed by atoms with van der Waals surface area (Å²) >= 11 is 0. The van der Waals surface area contributed by atoms with Crippen molar-refractivity contribution in [3.63, 3.8) is 0 Å². The molecule has 1 saturated heterocycles. The molecule has 1 heterocycles. The van der Waals surface area contributed by atoms with Crippen LogP contribution in [0.1, 0.15) is 22.8 Å². The van der Waals surface area contributed by atoms with Gasteiger partial charge in [0.2, 0.25) is 0 Å². The first-order chi connectivity index (χ1) is 13.8. The number of piperazine rings is 1. The van der Waals surface area contributed by atoms with Gasteiger partial charge in [0.05, 0.1) is 18.4 Å². The Morgan fingerprint density at radius 3 is 2.31 bits per heavy atom. The molecule has 0 unspecified atom stereocenters. The Morgan fingerprint density at radius 2 is 1.72 bits per heavy atom. The quantitative estimate of drug-likeness (QED) is 0.728. The molecule has 8 heteroatoms. The van der Waals surface area contributed by atoms with Crippen LogP contribution in [0.4, 0.5) is 11.4 Å². The molecule has 156 valence electrons. The summed E-state index contributed by atoms with van der Waals surface area (Å²) < 4.78 is 33.9. The van der Waals surface area contributed by atoms with E-state index >= 15 is 0 Å². The van der Waals surface area contributed by atoms with Gasteiger partial charge in [0.15, 0.2) is 0 Å². The average molecular weight is 418 g/mol. The average Bonchev–Trinajstić information content (AvgIpc) is 2.74. The van der Waals surface area contributed by atoms with Gasteiger partial charge in [0.1, 0.15) is 4.90 Å². The summed E-state index contributed by atoms with van der Waals surface area (Å²) in [4.78, 5) is 16.4. The van der Waals surface area contributed by atoms with Gasteiger partial charge in [-0.15, -0.1) is 0 Å². The lowest BCUT2D eigenvalue weighted by Gasteiger charge is -2.36. The molecular formula is C21H27N3O4S. The van der Waals surface area contributed by atoms with Crippen LogP contribution in [0.5, 0.6) is 0 Å². The lowest BCUT2D eigenvalue weighted by atomic mass is 10.1. The van der Waals surface area contributed by atoms with Crippen molar-refractivity contribution < 1.29 is 17.9 Å². The number of carbonyl (C=O) groups excluding carboxylic acids is 1. The van der Waals surface area contributed by atoms with Gasteiger partial charge in [0.25, 0.3) is 10.0 Å². The fourth-order valence-electron chi connectivity index (χ4n) is 3.37. The van der Waals surface area contributed by atoms with E-state index in [1.54, 1.807) is 24.3 Å². The molecule has 0 bridgehead atoms. The molecule has 3 rings (SSSR count). The van der Waals surface area contributed by atoms with Crippen molar-refractivity contribution in [2.24, 2.45) is 0 Å². The van der Waals surface area contributed by atoms with Gasteiger partial charge in [-0.2, -0.15) is 0 Å². The van der Waals surface area contributed by atoms with Gasteiger partial charge < -0.3 is 14.5 Å². The summed E-state index contributed by atoms with van der Waals surface area (Å²) in [6.45, 7) is 8.18. The van der Waals surface area contributed by atoms with Crippen molar-refractivity contribution in [3.8, 4) is 0 Å². The summed E-state index contributed by atoms with van der Waals surface area (Å²) in [5.41, 5.74) is 2.30. The molecule has 2 aromatic carbocycles. The number of anilines is 2. The molecule has 0 spiro atoms. The molecule has 0 radical (unpaired) electrons. The Bertz CT molecular complexity index is 966. The third kappa shape index (κ3) is 4.89. The Labute approximate surface area is 172 Å². The zero-order valence-electron chi connectivity index (χ0n) is 17.0. The van der Waals surface area contributed by atoms with E-state index < -0.39 is 16.0 Å². The minimum absolute atomic E-state index is 0.0749. The van der Waals surface area contributed by atoms with Crippen molar-refractivity contribution >= 4 is 27.4 Å². The van der Waals surface area contributed by atoms with Crippen molar-refractivity contribution in [3.05, 3.63) is 53.6 Å². The number of nitrogens with one attached hydrogen (secondary N) is 1. The fraction of sp³-hybridized carbons (Fsp3) is 0.381. The predicted molar refractivity (Wildman–Crippen MR) is 114 cm³/mol. The van der Waals surface area contributed by atoms with Crippen molar-refractivity contribution in [1.82, 2.24) is 4.90 Å². The second-order valence-electron chi connectivity index (χ2n) is 7.07. The van der Waals surface area contributed by atoms with E-state index in [0.29, 0.717) is 11.4 Å². The Kier molecular flexibility index (Phi) is 6.44. The Balaban J connectivity index is 1.99. The van der Waals surface area contributed by atoms with Gasteiger partial charge in [-0.3, -0.25) is 4.72 Å². The van der Waals surface area contributed by atoms with E-state index in [-0.39, 0.29) is 10.5 Å². The topological polar surface area (TPSA) is 79.0 Å². The first kappa shape index (κ1) is 21.1. The standard InChI is InChI=1S/C21H27N3O4S/c1-4-23-11-13-24(14-12-23)19-10-7-17(21(25)28-3)15-20(19)29(26,27)22-18-8-5-16(2)6-9-18/h5-10,15,22H,4,11-14H2,1-3H3. The lowest BCUT2D eigenvalue weighted by molar-refractivity contribution is 0.0600. The number of sulfonamides is 1. The van der Waals surface area contributed by atoms with Crippen LogP contribution in [-0.4, -0.2) is 59.1 Å². The summed E-state index contributed by atoms with van der Waals surface area (Å²) in [7, 11) is -2.63. The van der Waals surface area contributed by atoms with Crippen LogP contribution >= 0.6 is 0 Å². The molecule has 0 amide bonds. The number of ether oxygens (including phenoxy) is 1. The molecule has 1 N–H and O–H groups in total. The number of hydrogen-bond acceptors (Lipinski definition) is 6. The second-order valence-corrected chi connectivity index (χ2v) is 8.72. The Hall–Kier alpha value is -2.58. The first-order valence-corrected chi connectivity index (χ1v) is 11.1. The van der Waals surface area contributed by atoms with E-state index in [4.69, 9.17) is 4.74 Å². The van der Waals surface area contributed by atoms with Crippen LogP contribution in [0.25, 0.3) is 0 Å². The summed E-state index contributed by atoms with van der Waals surface area (Å²) in [5.74, 6) is -0.570. The molecule has 2 aromatic rings. The normalized spacial score (nSPS) is 15.2. The monoisotopic (exact) mass is 417 g/mol. The van der Waals surface area contributed by atoms with Gasteiger partial charge in [-0.05, 0) is 43.8 Å². The van der Waals surface area contributed by atoms with Gasteiger partial charge >= 0.3 is 5.97 Å². The fourth-order valence-corrected chi connectivity index (χ4v) is 4.68. The van der Waals surface area contributed by atoms with Gasteiger partial charge in [-0.25, -0.2) is 13.2 Å². The number of hydrogen-bond donors (Lipinski definition) is 1. The first-order valence-electron chi connectivity index (χ1n) is 9.63. The number of methoxy groups -OCH3 is 1. The number of rotatable bonds is 6. The third-order valence-electron chi connectivity index (χ3n) is 5.13. The number of carbonyl (C=O) groups is 1. The Morgan fingerprint density at radius 1 is 1.07 bits per heavy atom. The van der Waals surface area contributed by atoms with Crippen LogP contribution in [0.3, 0.4) is 0 Å². The zero-order valence-corrected chi connectivity index (χ0v) is 17.8. The highest BCUT2D eigenvalue weighted by Crippen LogP contribution is 2.29. The summed E-state index contributed by atoms with van der Waals surface area (Å²) in [6, 6.07) is 11.8. The maximum Gasteiger partial charge on any atom is 0.337 e. The highest BCUT2D eigenvalue weighted by Gasteiger charge is 2.26. The molecule has 0 aliphatic carbocycles. The molecule has 0 aromatic heterocycles. The van der Waals surface area contributed by atoms with Crippen LogP contribution in [0.2, 0.25) is 0 Å². The van der Waals surface area contributed by atoms with E-state index in [0.717, 1.165) is 38.3 Å². The molecule has 1 aliphatic rings. The maximum atomic E-state index is 13.2. The molecule has 29 heavy (non-hydrogen) atoms. The molecular weight excluding hydrogens is 390 g/mol. The number of esters is 1. The molecule has 1 fully saturated rings. The second kappa shape index (κ2) is 8.84. The van der Waals surface area contributed by atoms with Crippen LogP contribution < -0.4 is 9.62 Å². The largest absolute Gasteiger partial charge is 0.465 e. The minimum Gasteiger partial charge on any atom is -0.465 e. The lowest BCUT2D eigenvalue weighted by Crippen LogP contribution is -2.46. The zero-order chi connectivity index (χ0) is 21.0. The molecule has 0 atom stereocenters. The van der Waals surface area contributed by atoms with E-state index in [1.165, 1.54) is 13.2 Å². The summed E-state index contributed by atoms with van der Waals surface area (Å²) in [5, 5.41) is 0. The summed E-state index contributed by atoms with van der Waals surface area (Å²) in [6.07, 6.45) is 0. The van der Waals surface area contributed by atoms with Gasteiger partial charge in [-0.1, -0.05) is 24.6 Å². The minimum atomic E-state index is -3.90. The van der Waals surface area contributed by atoms with Crippen LogP contribution in [0, 0.1) is 6.92 Å². The van der Waals surface area contributed by atoms with E-state index in [1.807, 2.05) is 19.1 Å². The van der Waals surface area contributed by atoms with Crippen molar-refractivity contribution in [2.45, 2.75) is 18.7 Å². The van der Waals surface area contributed by atoms with Crippen molar-refractivity contribution in [2.75, 3.05) is 49.5 Å². The molecule has 7 nitrogen and oxygen atoms in total. The number of benzene rings is 2. The highest BCUT2D eigenvalue weighted by atomic mass is 32.2. The van der Waals surface area contributed by atoms with E-state index in [2.05, 4.69) is 21.4 Å². The third-order valence-corrected chi connectivity index (χ3v) is 6.54. The molecule has 1 aliphatic heterocycles. The highest BCUT2D eigenvalue weighted by molar-refractivity contribution is 7.92. The smallest absolute Gasteiger partial charge is 0.337 e. The van der Waals surface area contributed by atoms with Crippen LogP contribution in [-0.2, 0) is 14.8 Å². The SMILES string of the molecule is CCN1CCN(c2ccc(C(=O)OC)cc2S(=O)(=O)Nc2ccc(C)cc2)CC1. The predicted octanol–water partition coefficient (Wildman–Crippen LogP) is 2.72. The number of nitrogens with zero attached hydrogens (tertiary/aromatic N) is 2. The van der Waals surface area contributed by atoms with E-state index in [9.17, 15) is 13.2 Å². The van der Waals surface area contributed by atoms with Gasteiger partial charge in [0, 0.05) is 31.9 Å². The number of aryl methyl sites for hydroxylation is 1. The maximum absolute atomic E-state index is 13.2. The molecule has 0 saturated carbocycles. The van der Waals surface area contributed by atoms with Crippen molar-refractivity contribution in [1.29, 1.82) is 0 Å².